The molecule has 1 aromatic carbocycles. The molecule has 154 valence electrons. The van der Waals surface area contributed by atoms with Gasteiger partial charge in [-0.15, -0.1) is 0 Å². The first-order valence-electron chi connectivity index (χ1n) is 9.61. The van der Waals surface area contributed by atoms with Gasteiger partial charge in [0.1, 0.15) is 11.9 Å². The molecular formula is C20H28FN3O4. The molecule has 2 fully saturated rings. The average molecular weight is 393 g/mol. The van der Waals surface area contributed by atoms with E-state index in [1.54, 1.807) is 0 Å². The lowest BCUT2D eigenvalue weighted by atomic mass is 9.73. The summed E-state index contributed by atoms with van der Waals surface area (Å²) in [5.41, 5.74) is -0.872. The van der Waals surface area contributed by atoms with Gasteiger partial charge < -0.3 is 20.5 Å². The van der Waals surface area contributed by atoms with Crippen molar-refractivity contribution in [3.05, 3.63) is 30.1 Å². The van der Waals surface area contributed by atoms with Crippen molar-refractivity contribution >= 4 is 17.5 Å². The number of hydrogen-bond acceptors (Lipinski definition) is 5. The van der Waals surface area contributed by atoms with Crippen LogP contribution in [0.1, 0.15) is 33.1 Å². The van der Waals surface area contributed by atoms with Crippen LogP contribution in [-0.4, -0.2) is 65.3 Å². The van der Waals surface area contributed by atoms with Gasteiger partial charge in [-0.05, 0) is 50.5 Å². The van der Waals surface area contributed by atoms with E-state index in [1.165, 1.54) is 31.2 Å². The molecule has 2 aliphatic rings. The number of anilines is 1. The van der Waals surface area contributed by atoms with E-state index in [0.29, 0.717) is 44.6 Å². The van der Waals surface area contributed by atoms with Crippen LogP contribution in [0.2, 0.25) is 0 Å². The lowest BCUT2D eigenvalue weighted by Crippen LogP contribution is -2.69. The monoisotopic (exact) mass is 393 g/mol. The molecule has 3 N–H and O–H groups in total. The van der Waals surface area contributed by atoms with E-state index in [1.807, 2.05) is 11.8 Å². The number of nitrogens with zero attached hydrogens (tertiary/aromatic N) is 1. The number of rotatable bonds is 4. The van der Waals surface area contributed by atoms with Crippen molar-refractivity contribution in [1.29, 1.82) is 0 Å². The van der Waals surface area contributed by atoms with Crippen LogP contribution in [0.15, 0.2) is 24.3 Å². The first-order valence-corrected chi connectivity index (χ1v) is 9.61. The van der Waals surface area contributed by atoms with Crippen molar-refractivity contribution < 1.29 is 23.8 Å². The molecule has 2 saturated heterocycles. The van der Waals surface area contributed by atoms with E-state index < -0.39 is 17.2 Å². The third-order valence-corrected chi connectivity index (χ3v) is 5.77. The second-order valence-corrected chi connectivity index (χ2v) is 8.00. The summed E-state index contributed by atoms with van der Waals surface area (Å²) in [7, 11) is 0. The maximum Gasteiger partial charge on any atom is 0.238 e. The van der Waals surface area contributed by atoms with Crippen LogP contribution in [0.3, 0.4) is 0 Å². The number of nitrogens with one attached hydrogen (secondary N) is 2. The zero-order valence-corrected chi connectivity index (χ0v) is 16.3. The molecule has 28 heavy (non-hydrogen) atoms. The minimum atomic E-state index is -0.812. The van der Waals surface area contributed by atoms with Crippen molar-refractivity contribution in [1.82, 2.24) is 10.2 Å². The van der Waals surface area contributed by atoms with Crippen molar-refractivity contribution in [3.8, 4) is 0 Å². The molecule has 0 unspecified atom stereocenters. The zero-order valence-electron chi connectivity index (χ0n) is 16.3. The summed E-state index contributed by atoms with van der Waals surface area (Å²) >= 11 is 0. The Bertz CT molecular complexity index is 719. The maximum absolute atomic E-state index is 13.0. The molecule has 0 bridgehead atoms. The molecule has 0 saturated carbocycles. The number of aliphatic hydroxyl groups is 1. The second-order valence-electron chi connectivity index (χ2n) is 8.00. The number of hydrogen-bond donors (Lipinski definition) is 3. The Hall–Kier alpha value is -2.03. The summed E-state index contributed by atoms with van der Waals surface area (Å²) in [6.07, 6.45) is 0.896. The Labute approximate surface area is 164 Å². The van der Waals surface area contributed by atoms with Gasteiger partial charge in [0.2, 0.25) is 11.8 Å². The number of piperidine rings is 1. The van der Waals surface area contributed by atoms with E-state index in [9.17, 15) is 19.1 Å². The molecule has 8 heteroatoms. The van der Waals surface area contributed by atoms with Crippen LogP contribution in [0.5, 0.6) is 0 Å². The van der Waals surface area contributed by atoms with Gasteiger partial charge in [0.25, 0.3) is 0 Å². The highest BCUT2D eigenvalue weighted by molar-refractivity contribution is 5.92. The lowest BCUT2D eigenvalue weighted by molar-refractivity contribution is -0.207. The van der Waals surface area contributed by atoms with E-state index in [0.717, 1.165) is 0 Å². The number of halogens is 1. The third kappa shape index (κ3) is 4.51. The van der Waals surface area contributed by atoms with E-state index in [2.05, 4.69) is 10.6 Å². The minimum Gasteiger partial charge on any atom is -0.388 e. The third-order valence-electron chi connectivity index (χ3n) is 5.77. The van der Waals surface area contributed by atoms with Crippen LogP contribution in [0, 0.1) is 5.82 Å². The molecule has 0 aliphatic carbocycles. The van der Waals surface area contributed by atoms with Crippen LogP contribution in [-0.2, 0) is 14.3 Å². The fourth-order valence-corrected chi connectivity index (χ4v) is 4.24. The number of carbonyl (C=O) groups excluding carboxylic acids is 2. The number of amides is 2. The Morgan fingerprint density at radius 2 is 1.89 bits per heavy atom. The average Bonchev–Trinajstić information content (AvgIpc) is 2.63. The minimum absolute atomic E-state index is 0.171. The zero-order chi connectivity index (χ0) is 20.4. The topological polar surface area (TPSA) is 90.9 Å². The predicted molar refractivity (Wildman–Crippen MR) is 102 cm³/mol. The number of benzene rings is 1. The van der Waals surface area contributed by atoms with Crippen molar-refractivity contribution in [2.45, 2.75) is 50.4 Å². The van der Waals surface area contributed by atoms with Gasteiger partial charge >= 0.3 is 0 Å². The fourth-order valence-electron chi connectivity index (χ4n) is 4.24. The van der Waals surface area contributed by atoms with Crippen LogP contribution >= 0.6 is 0 Å². The molecular weight excluding hydrogens is 365 g/mol. The van der Waals surface area contributed by atoms with Gasteiger partial charge in [-0.2, -0.15) is 0 Å². The number of aliphatic hydroxyl groups excluding tert-OH is 1. The van der Waals surface area contributed by atoms with E-state index in [-0.39, 0.29) is 24.2 Å². The number of ether oxygens (including phenoxy) is 1. The summed E-state index contributed by atoms with van der Waals surface area (Å²) < 4.78 is 18.9. The van der Waals surface area contributed by atoms with Gasteiger partial charge in [0, 0.05) is 32.3 Å². The Morgan fingerprint density at radius 3 is 2.50 bits per heavy atom. The summed E-state index contributed by atoms with van der Waals surface area (Å²) in [5, 5.41) is 16.6. The highest BCUT2D eigenvalue weighted by Crippen LogP contribution is 2.39. The molecule has 7 nitrogen and oxygen atoms in total. The smallest absolute Gasteiger partial charge is 0.238 e. The molecule has 2 atom stereocenters. The van der Waals surface area contributed by atoms with E-state index >= 15 is 0 Å². The summed E-state index contributed by atoms with van der Waals surface area (Å²) in [5.74, 6) is -0.694. The highest BCUT2D eigenvalue weighted by atomic mass is 19.1. The summed E-state index contributed by atoms with van der Waals surface area (Å²) in [6.45, 7) is 5.19. The fraction of sp³-hybridized carbons (Fsp3) is 0.600. The maximum atomic E-state index is 13.0. The molecule has 0 aromatic heterocycles. The molecule has 1 aromatic rings. The molecule has 1 spiro atoms. The van der Waals surface area contributed by atoms with Crippen LogP contribution in [0.4, 0.5) is 10.1 Å². The SMILES string of the molecule is CC(=O)N[C@@]1(C)CCOC2(CCN(CC(=O)Nc3ccc(F)cc3)CC2)[C@@H]1O. The number of likely N-dealkylation sites (tertiary alicyclic amines) is 1. The standard InChI is InChI=1S/C20H28FN3O4/c1-14(25)23-19(2)9-12-28-20(18(19)27)7-10-24(11-8-20)13-17(26)22-16-5-3-15(21)4-6-16/h3-6,18,27H,7-13H2,1-2H3,(H,22,26)(H,23,25)/t18-,19+/m1/s1. The lowest BCUT2D eigenvalue weighted by Gasteiger charge is -2.53. The molecule has 2 aliphatic heterocycles. The molecule has 3 rings (SSSR count). The first kappa shape index (κ1) is 20.7. The Balaban J connectivity index is 1.55. The van der Waals surface area contributed by atoms with Crippen molar-refractivity contribution in [2.75, 3.05) is 31.6 Å². The van der Waals surface area contributed by atoms with Gasteiger partial charge in [-0.25, -0.2) is 4.39 Å². The van der Waals surface area contributed by atoms with Crippen molar-refractivity contribution in [3.63, 3.8) is 0 Å². The molecule has 0 radical (unpaired) electrons. The second kappa shape index (κ2) is 8.14. The van der Waals surface area contributed by atoms with Crippen molar-refractivity contribution in [2.24, 2.45) is 0 Å². The van der Waals surface area contributed by atoms with Gasteiger partial charge in [0.05, 0.1) is 17.7 Å². The largest absolute Gasteiger partial charge is 0.388 e. The quantitative estimate of drug-likeness (QED) is 0.717. The Morgan fingerprint density at radius 1 is 1.25 bits per heavy atom. The summed E-state index contributed by atoms with van der Waals surface area (Å²) in [6, 6.07) is 5.64. The molecule has 2 amide bonds. The summed E-state index contributed by atoms with van der Waals surface area (Å²) in [4.78, 5) is 25.8. The Kier molecular flexibility index (Phi) is 6.02. The van der Waals surface area contributed by atoms with Gasteiger partial charge in [-0.3, -0.25) is 14.5 Å². The normalized spacial score (nSPS) is 27.4. The highest BCUT2D eigenvalue weighted by Gasteiger charge is 2.53. The van der Waals surface area contributed by atoms with Gasteiger partial charge in [-0.1, -0.05) is 0 Å². The predicted octanol–water partition coefficient (Wildman–Crippen LogP) is 1.27. The number of carbonyl (C=O) groups is 2. The van der Waals surface area contributed by atoms with Crippen LogP contribution in [0.25, 0.3) is 0 Å². The van der Waals surface area contributed by atoms with Crippen LogP contribution < -0.4 is 10.6 Å². The first-order chi connectivity index (χ1) is 13.2. The molecule has 2 heterocycles. The van der Waals surface area contributed by atoms with E-state index in [4.69, 9.17) is 4.74 Å². The van der Waals surface area contributed by atoms with Gasteiger partial charge in [0.15, 0.2) is 0 Å².